The summed E-state index contributed by atoms with van der Waals surface area (Å²) in [7, 11) is 0. The molecule has 0 N–H and O–H groups in total. The molecule has 3 rings (SSSR count). The summed E-state index contributed by atoms with van der Waals surface area (Å²) >= 11 is 5.75. The van der Waals surface area contributed by atoms with E-state index in [0.29, 0.717) is 5.11 Å². The molecule has 1 aromatic carbocycles. The second-order valence-electron chi connectivity index (χ2n) is 6.86. The topological polar surface area (TPSA) is 23.6 Å². The van der Waals surface area contributed by atoms with E-state index in [2.05, 4.69) is 43.0 Å². The number of thiocarbonyl (C=S) groups is 1. The number of unbranched alkanes of at least 4 members (excludes halogenated alkanes) is 1. The first-order valence-electron chi connectivity index (χ1n) is 8.83. The minimum absolute atomic E-state index is 0.233. The van der Waals surface area contributed by atoms with Crippen molar-refractivity contribution in [3.8, 4) is 0 Å². The summed E-state index contributed by atoms with van der Waals surface area (Å²) in [6.45, 7) is 4.98. The highest BCUT2D eigenvalue weighted by Crippen LogP contribution is 2.43. The van der Waals surface area contributed by atoms with Crippen LogP contribution in [0.15, 0.2) is 24.3 Å². The van der Waals surface area contributed by atoms with Crippen LogP contribution in [0.1, 0.15) is 57.4 Å². The first-order valence-corrected chi connectivity index (χ1v) is 9.24. The number of carbonyl (C=O) groups is 1. The third-order valence-electron chi connectivity index (χ3n) is 5.20. The van der Waals surface area contributed by atoms with Crippen LogP contribution >= 0.6 is 12.2 Å². The summed E-state index contributed by atoms with van der Waals surface area (Å²) in [6.07, 6.45) is 7.35. The molecule has 124 valence electrons. The Hall–Kier alpha value is -1.42. The maximum Gasteiger partial charge on any atom is 0.255 e. The van der Waals surface area contributed by atoms with Crippen LogP contribution in [0.5, 0.6) is 0 Å². The molecule has 1 aliphatic carbocycles. The van der Waals surface area contributed by atoms with Crippen molar-refractivity contribution in [2.24, 2.45) is 0 Å². The van der Waals surface area contributed by atoms with Gasteiger partial charge in [-0.25, -0.2) is 0 Å². The Bertz CT molecular complexity index is 590. The quantitative estimate of drug-likeness (QED) is 0.763. The zero-order chi connectivity index (χ0) is 16.4. The first-order chi connectivity index (χ1) is 11.1. The Kier molecular flexibility index (Phi) is 4.72. The van der Waals surface area contributed by atoms with Gasteiger partial charge in [-0.3, -0.25) is 9.69 Å². The second kappa shape index (κ2) is 6.60. The van der Waals surface area contributed by atoms with Crippen molar-refractivity contribution in [3.05, 3.63) is 29.8 Å². The van der Waals surface area contributed by atoms with Gasteiger partial charge in [0, 0.05) is 12.2 Å². The molecule has 3 nitrogen and oxygen atoms in total. The Morgan fingerprint density at radius 1 is 1.13 bits per heavy atom. The van der Waals surface area contributed by atoms with Gasteiger partial charge in [0.05, 0.1) is 0 Å². The predicted molar refractivity (Wildman–Crippen MR) is 98.7 cm³/mol. The number of amides is 1. The zero-order valence-corrected chi connectivity index (χ0v) is 15.0. The van der Waals surface area contributed by atoms with Gasteiger partial charge in [-0.05, 0) is 50.5 Å². The van der Waals surface area contributed by atoms with E-state index >= 15 is 0 Å². The molecule has 1 aromatic rings. The van der Waals surface area contributed by atoms with Crippen LogP contribution in [-0.4, -0.2) is 28.0 Å². The molecule has 4 heteroatoms. The average Bonchev–Trinajstić information content (AvgIpc) is 2.75. The van der Waals surface area contributed by atoms with E-state index in [1.807, 2.05) is 4.90 Å². The summed E-state index contributed by atoms with van der Waals surface area (Å²) in [5, 5.41) is 0.703. The summed E-state index contributed by atoms with van der Waals surface area (Å²) in [5.41, 5.74) is 1.86. The first kappa shape index (κ1) is 16.4. The van der Waals surface area contributed by atoms with Crippen LogP contribution in [0, 0.1) is 6.92 Å². The van der Waals surface area contributed by atoms with Gasteiger partial charge in [0.2, 0.25) is 0 Å². The monoisotopic (exact) mass is 330 g/mol. The number of rotatable bonds is 4. The molecule has 0 aromatic heterocycles. The van der Waals surface area contributed by atoms with E-state index in [1.54, 1.807) is 0 Å². The molecule has 2 aliphatic rings. The molecule has 0 radical (unpaired) electrons. The van der Waals surface area contributed by atoms with Gasteiger partial charge in [-0.1, -0.05) is 50.3 Å². The molecule has 0 unspecified atom stereocenters. The third-order valence-corrected chi connectivity index (χ3v) is 5.60. The van der Waals surface area contributed by atoms with Gasteiger partial charge in [-0.2, -0.15) is 0 Å². The van der Waals surface area contributed by atoms with Crippen LogP contribution in [0.25, 0.3) is 0 Å². The SMILES string of the molecule is CCCCN1C(=O)C2(CCCCC2)N(c2ccc(C)cc2)C1=S. The lowest BCUT2D eigenvalue weighted by atomic mass is 9.80. The van der Waals surface area contributed by atoms with Crippen molar-refractivity contribution < 1.29 is 4.79 Å². The maximum atomic E-state index is 13.2. The molecule has 1 heterocycles. The molecule has 1 saturated heterocycles. The Balaban J connectivity index is 2.00. The van der Waals surface area contributed by atoms with Gasteiger partial charge in [0.1, 0.15) is 5.54 Å². The number of hydrogen-bond donors (Lipinski definition) is 0. The molecule has 1 spiro atoms. The smallest absolute Gasteiger partial charge is 0.255 e. The lowest BCUT2D eigenvalue weighted by molar-refractivity contribution is -0.131. The number of carbonyl (C=O) groups excluding carboxylic acids is 1. The molecule has 23 heavy (non-hydrogen) atoms. The maximum absolute atomic E-state index is 13.2. The van der Waals surface area contributed by atoms with Gasteiger partial charge >= 0.3 is 0 Å². The van der Waals surface area contributed by atoms with E-state index < -0.39 is 5.54 Å². The van der Waals surface area contributed by atoms with Crippen LogP contribution in [-0.2, 0) is 4.79 Å². The number of anilines is 1. The van der Waals surface area contributed by atoms with Crippen LogP contribution in [0.3, 0.4) is 0 Å². The van der Waals surface area contributed by atoms with Gasteiger partial charge in [0.25, 0.3) is 5.91 Å². The van der Waals surface area contributed by atoms with Crippen molar-refractivity contribution in [1.29, 1.82) is 0 Å². The Morgan fingerprint density at radius 3 is 2.39 bits per heavy atom. The zero-order valence-electron chi connectivity index (χ0n) is 14.2. The summed E-state index contributed by atoms with van der Waals surface area (Å²) in [6, 6.07) is 8.42. The van der Waals surface area contributed by atoms with Crippen molar-refractivity contribution in [3.63, 3.8) is 0 Å². The molecule has 0 atom stereocenters. The van der Waals surface area contributed by atoms with Gasteiger partial charge in [0.15, 0.2) is 5.11 Å². The largest absolute Gasteiger partial charge is 0.303 e. The van der Waals surface area contributed by atoms with Crippen LogP contribution in [0.4, 0.5) is 5.69 Å². The van der Waals surface area contributed by atoms with E-state index in [4.69, 9.17) is 12.2 Å². The Labute approximate surface area is 144 Å². The summed E-state index contributed by atoms with van der Waals surface area (Å²) in [5.74, 6) is 0.233. The lowest BCUT2D eigenvalue weighted by Crippen LogP contribution is -2.51. The van der Waals surface area contributed by atoms with Crippen LogP contribution < -0.4 is 4.90 Å². The van der Waals surface area contributed by atoms with Gasteiger partial charge in [-0.15, -0.1) is 0 Å². The molecular formula is C19H26N2OS. The number of hydrogen-bond acceptors (Lipinski definition) is 2. The van der Waals surface area contributed by atoms with Crippen molar-refractivity contribution >= 4 is 28.9 Å². The predicted octanol–water partition coefficient (Wildman–Crippen LogP) is 4.43. The molecule has 2 fully saturated rings. The van der Waals surface area contributed by atoms with Crippen molar-refractivity contribution in [2.75, 3.05) is 11.4 Å². The molecule has 1 aliphatic heterocycles. The van der Waals surface area contributed by atoms with E-state index in [0.717, 1.165) is 50.8 Å². The minimum Gasteiger partial charge on any atom is -0.303 e. The highest BCUT2D eigenvalue weighted by Gasteiger charge is 2.55. The van der Waals surface area contributed by atoms with E-state index in [9.17, 15) is 4.79 Å². The second-order valence-corrected chi connectivity index (χ2v) is 7.22. The standard InChI is InChI=1S/C19H26N2OS/c1-3-4-14-20-17(22)19(12-6-5-7-13-19)21(18(20)23)16-10-8-15(2)9-11-16/h8-11H,3-7,12-14H2,1-2H3. The molecular weight excluding hydrogens is 304 g/mol. The number of aryl methyl sites for hydroxylation is 1. The molecule has 1 amide bonds. The lowest BCUT2D eigenvalue weighted by Gasteiger charge is -2.39. The highest BCUT2D eigenvalue weighted by atomic mass is 32.1. The fraction of sp³-hybridized carbons (Fsp3) is 0.579. The molecule has 1 saturated carbocycles. The molecule has 0 bridgehead atoms. The highest BCUT2D eigenvalue weighted by molar-refractivity contribution is 7.80. The summed E-state index contributed by atoms with van der Waals surface area (Å²) < 4.78 is 0. The average molecular weight is 330 g/mol. The van der Waals surface area contributed by atoms with Gasteiger partial charge < -0.3 is 4.90 Å². The number of nitrogens with zero attached hydrogens (tertiary/aromatic N) is 2. The fourth-order valence-electron chi connectivity index (χ4n) is 3.88. The summed E-state index contributed by atoms with van der Waals surface area (Å²) in [4.78, 5) is 17.3. The van der Waals surface area contributed by atoms with Crippen molar-refractivity contribution in [1.82, 2.24) is 4.90 Å². The fourth-order valence-corrected chi connectivity index (χ4v) is 4.33. The van der Waals surface area contributed by atoms with Crippen molar-refractivity contribution in [2.45, 2.75) is 64.3 Å². The normalized spacial score (nSPS) is 20.6. The minimum atomic E-state index is -0.432. The van der Waals surface area contributed by atoms with E-state index in [-0.39, 0.29) is 5.91 Å². The third kappa shape index (κ3) is 2.78. The van der Waals surface area contributed by atoms with E-state index in [1.165, 1.54) is 12.0 Å². The van der Waals surface area contributed by atoms with Crippen LogP contribution in [0.2, 0.25) is 0 Å². The number of benzene rings is 1. The Morgan fingerprint density at radius 2 is 1.78 bits per heavy atom.